The highest BCUT2D eigenvalue weighted by Crippen LogP contribution is 2.18. The smallest absolute Gasteiger partial charge is 0.211 e. The van der Waals surface area contributed by atoms with Crippen LogP contribution in [-0.2, 0) is 43.2 Å². The lowest BCUT2D eigenvalue weighted by atomic mass is 10.3. The first-order valence-electron chi connectivity index (χ1n) is 8.91. The minimum Gasteiger partial charge on any atom is -0.330 e. The highest BCUT2D eigenvalue weighted by Gasteiger charge is 2.24. The lowest BCUT2D eigenvalue weighted by Gasteiger charge is -2.25. The molecule has 0 aliphatic carbocycles. The van der Waals surface area contributed by atoms with Gasteiger partial charge >= 0.3 is 0 Å². The average molecular weight is 388 g/mol. The van der Waals surface area contributed by atoms with Crippen LogP contribution >= 0.6 is 0 Å². The van der Waals surface area contributed by atoms with Crippen LogP contribution in [0.25, 0.3) is 11.0 Å². The Morgan fingerprint density at radius 1 is 1.19 bits per heavy atom. The second-order valence-corrected chi connectivity index (χ2v) is 9.18. The largest absolute Gasteiger partial charge is 0.330 e. The number of hydrogen-bond donors (Lipinski definition) is 0. The fourth-order valence-electron chi connectivity index (χ4n) is 3.57. The number of fused-ring (bicyclic) bond motifs is 2. The molecular formula is C18H24N6O2S. The summed E-state index contributed by atoms with van der Waals surface area (Å²) in [4.78, 5) is 6.89. The lowest BCUT2D eigenvalue weighted by molar-refractivity contribution is 0.299. The van der Waals surface area contributed by atoms with E-state index in [9.17, 15) is 8.42 Å². The van der Waals surface area contributed by atoms with E-state index in [0.29, 0.717) is 32.7 Å². The predicted molar refractivity (Wildman–Crippen MR) is 103 cm³/mol. The molecule has 0 saturated carbocycles. The van der Waals surface area contributed by atoms with Crippen molar-refractivity contribution in [3.63, 3.8) is 0 Å². The van der Waals surface area contributed by atoms with Gasteiger partial charge in [-0.2, -0.15) is 9.40 Å². The second kappa shape index (κ2) is 6.74. The molecule has 1 aliphatic rings. The maximum Gasteiger partial charge on any atom is 0.211 e. The number of benzene rings is 1. The molecule has 27 heavy (non-hydrogen) atoms. The topological polar surface area (TPSA) is 76.3 Å². The fourth-order valence-corrected chi connectivity index (χ4v) is 4.35. The molecule has 0 saturated heterocycles. The Labute approximate surface area is 159 Å². The average Bonchev–Trinajstić information content (AvgIpc) is 3.14. The molecule has 0 N–H and O–H groups in total. The highest BCUT2D eigenvalue weighted by molar-refractivity contribution is 7.88. The Balaban J connectivity index is 1.47. The zero-order valence-corrected chi connectivity index (χ0v) is 16.6. The van der Waals surface area contributed by atoms with Crippen molar-refractivity contribution in [1.82, 2.24) is 28.5 Å². The number of imidazole rings is 1. The number of para-hydroxylation sites is 2. The zero-order chi connectivity index (χ0) is 19.2. The molecule has 3 heterocycles. The van der Waals surface area contributed by atoms with Crippen molar-refractivity contribution in [2.45, 2.75) is 26.2 Å². The SMILES string of the molecule is CN(Cc1cc2n(n1)CCN(S(C)(=O)=O)C2)Cc1nc2ccccc2n1C. The fraction of sp³-hybridized carbons (Fsp3) is 0.444. The number of aromatic nitrogens is 4. The van der Waals surface area contributed by atoms with E-state index in [1.54, 1.807) is 0 Å². The van der Waals surface area contributed by atoms with Crippen LogP contribution in [0.2, 0.25) is 0 Å². The van der Waals surface area contributed by atoms with Crippen LogP contribution in [0.3, 0.4) is 0 Å². The van der Waals surface area contributed by atoms with E-state index < -0.39 is 10.0 Å². The van der Waals surface area contributed by atoms with Crippen LogP contribution in [0, 0.1) is 0 Å². The van der Waals surface area contributed by atoms with Crippen molar-refractivity contribution >= 4 is 21.1 Å². The molecule has 144 valence electrons. The van der Waals surface area contributed by atoms with Gasteiger partial charge < -0.3 is 4.57 Å². The number of hydrogen-bond acceptors (Lipinski definition) is 5. The van der Waals surface area contributed by atoms with Crippen molar-refractivity contribution in [1.29, 1.82) is 0 Å². The third-order valence-electron chi connectivity index (χ3n) is 5.01. The van der Waals surface area contributed by atoms with Gasteiger partial charge in [0.1, 0.15) is 5.82 Å². The zero-order valence-electron chi connectivity index (χ0n) is 15.8. The van der Waals surface area contributed by atoms with E-state index in [0.717, 1.165) is 28.2 Å². The van der Waals surface area contributed by atoms with Gasteiger partial charge in [-0.1, -0.05) is 12.1 Å². The third kappa shape index (κ3) is 3.62. The van der Waals surface area contributed by atoms with Crippen LogP contribution in [0.4, 0.5) is 0 Å². The Kier molecular flexibility index (Phi) is 4.53. The number of aryl methyl sites for hydroxylation is 1. The van der Waals surface area contributed by atoms with Gasteiger partial charge in [-0.05, 0) is 25.2 Å². The monoisotopic (exact) mass is 388 g/mol. The minimum absolute atomic E-state index is 0.389. The second-order valence-electron chi connectivity index (χ2n) is 7.19. The van der Waals surface area contributed by atoms with Crippen molar-refractivity contribution in [3.8, 4) is 0 Å². The first-order valence-corrected chi connectivity index (χ1v) is 10.8. The molecule has 0 radical (unpaired) electrons. The summed E-state index contributed by atoms with van der Waals surface area (Å²) in [6, 6.07) is 10.1. The van der Waals surface area contributed by atoms with Gasteiger partial charge in [0.15, 0.2) is 0 Å². The van der Waals surface area contributed by atoms with Gasteiger partial charge in [0.2, 0.25) is 10.0 Å². The molecule has 1 aromatic carbocycles. The van der Waals surface area contributed by atoms with Crippen molar-refractivity contribution in [3.05, 3.63) is 47.5 Å². The van der Waals surface area contributed by atoms with Gasteiger partial charge in [0.25, 0.3) is 0 Å². The van der Waals surface area contributed by atoms with Crippen LogP contribution in [-0.4, -0.2) is 56.8 Å². The summed E-state index contributed by atoms with van der Waals surface area (Å²) >= 11 is 0. The van der Waals surface area contributed by atoms with E-state index in [-0.39, 0.29) is 0 Å². The van der Waals surface area contributed by atoms with E-state index >= 15 is 0 Å². The van der Waals surface area contributed by atoms with Gasteiger partial charge in [-0.3, -0.25) is 9.58 Å². The summed E-state index contributed by atoms with van der Waals surface area (Å²) < 4.78 is 29.1. The Morgan fingerprint density at radius 3 is 2.70 bits per heavy atom. The van der Waals surface area contributed by atoms with Crippen molar-refractivity contribution in [2.75, 3.05) is 19.8 Å². The summed E-state index contributed by atoms with van der Waals surface area (Å²) in [6.45, 7) is 2.85. The number of sulfonamides is 1. The van der Waals surface area contributed by atoms with Gasteiger partial charge in [-0.15, -0.1) is 0 Å². The molecule has 4 rings (SSSR count). The van der Waals surface area contributed by atoms with E-state index in [1.165, 1.54) is 10.6 Å². The number of nitrogens with zero attached hydrogens (tertiary/aromatic N) is 6. The molecular weight excluding hydrogens is 364 g/mol. The molecule has 2 aromatic heterocycles. The summed E-state index contributed by atoms with van der Waals surface area (Å²) in [5.74, 6) is 1.01. The first kappa shape index (κ1) is 18.1. The van der Waals surface area contributed by atoms with Crippen LogP contribution in [0.1, 0.15) is 17.2 Å². The number of rotatable bonds is 5. The maximum absolute atomic E-state index is 11.8. The molecule has 0 spiro atoms. The molecule has 0 amide bonds. The van der Waals surface area contributed by atoms with Crippen LogP contribution in [0.15, 0.2) is 30.3 Å². The van der Waals surface area contributed by atoms with Gasteiger partial charge in [-0.25, -0.2) is 13.4 Å². The normalized spacial score (nSPS) is 15.6. The summed E-state index contributed by atoms with van der Waals surface area (Å²) in [5.41, 5.74) is 4.01. The molecule has 9 heteroatoms. The Hall–Kier alpha value is -2.23. The third-order valence-corrected chi connectivity index (χ3v) is 6.26. The molecule has 1 aliphatic heterocycles. The van der Waals surface area contributed by atoms with Gasteiger partial charge in [0.05, 0.1) is 48.3 Å². The molecule has 0 unspecified atom stereocenters. The Morgan fingerprint density at radius 2 is 1.96 bits per heavy atom. The van der Waals surface area contributed by atoms with Crippen LogP contribution in [0.5, 0.6) is 0 Å². The van der Waals surface area contributed by atoms with E-state index in [4.69, 9.17) is 4.98 Å². The molecule has 0 bridgehead atoms. The quantitative estimate of drug-likeness (QED) is 0.656. The van der Waals surface area contributed by atoms with E-state index in [1.807, 2.05) is 43.0 Å². The Bertz CT molecular complexity index is 1080. The standard InChI is InChI=1S/C18H24N6O2S/c1-21(13-18-19-16-6-4-5-7-17(16)22(18)2)11-14-10-15-12-23(27(3,25)26)8-9-24(15)20-14/h4-7,10H,8-9,11-13H2,1-3H3. The predicted octanol–water partition coefficient (Wildman–Crippen LogP) is 1.18. The van der Waals surface area contributed by atoms with Gasteiger partial charge in [0, 0.05) is 20.1 Å². The molecule has 0 fully saturated rings. The van der Waals surface area contributed by atoms with Crippen molar-refractivity contribution in [2.24, 2.45) is 7.05 Å². The molecule has 8 nitrogen and oxygen atoms in total. The first-order chi connectivity index (χ1) is 12.8. The molecule has 0 atom stereocenters. The van der Waals surface area contributed by atoms with E-state index in [2.05, 4.69) is 20.6 Å². The highest BCUT2D eigenvalue weighted by atomic mass is 32.2. The molecule has 3 aromatic rings. The lowest BCUT2D eigenvalue weighted by Crippen LogP contribution is -2.37. The minimum atomic E-state index is -3.17. The maximum atomic E-state index is 11.8. The summed E-state index contributed by atoms with van der Waals surface area (Å²) in [5, 5.41) is 4.64. The summed E-state index contributed by atoms with van der Waals surface area (Å²) in [7, 11) is 0.908. The summed E-state index contributed by atoms with van der Waals surface area (Å²) in [6.07, 6.45) is 1.25. The van der Waals surface area contributed by atoms with Crippen molar-refractivity contribution < 1.29 is 8.42 Å². The van der Waals surface area contributed by atoms with Crippen LogP contribution < -0.4 is 0 Å².